The Morgan fingerprint density at radius 1 is 1.20 bits per heavy atom. The molecule has 0 aliphatic rings. The third-order valence-electron chi connectivity index (χ3n) is 3.21. The van der Waals surface area contributed by atoms with Crippen LogP contribution in [0.2, 0.25) is 0 Å². The average Bonchev–Trinajstić information content (AvgIpc) is 2.49. The minimum atomic E-state index is -0.135. The number of nitrogens with zero attached hydrogens (tertiary/aromatic N) is 1. The summed E-state index contributed by atoms with van der Waals surface area (Å²) in [6.45, 7) is 4.29. The highest BCUT2D eigenvalue weighted by Crippen LogP contribution is 2.11. The van der Waals surface area contributed by atoms with Gasteiger partial charge in [0.2, 0.25) is 0 Å². The van der Waals surface area contributed by atoms with E-state index in [1.807, 2.05) is 24.3 Å². The van der Waals surface area contributed by atoms with Crippen molar-refractivity contribution in [1.29, 1.82) is 0 Å². The highest BCUT2D eigenvalue weighted by molar-refractivity contribution is 5.27. The van der Waals surface area contributed by atoms with Crippen LogP contribution in [0.3, 0.4) is 0 Å². The van der Waals surface area contributed by atoms with Crippen LogP contribution in [0.5, 0.6) is 5.75 Å². The van der Waals surface area contributed by atoms with Gasteiger partial charge in [0, 0.05) is 13.1 Å². The Labute approximate surface area is 121 Å². The Bertz CT molecular complexity index is 351. The molecule has 1 aromatic rings. The summed E-state index contributed by atoms with van der Waals surface area (Å²) in [6, 6.07) is 7.83. The van der Waals surface area contributed by atoms with Gasteiger partial charge in [-0.2, -0.15) is 0 Å². The largest absolute Gasteiger partial charge is 0.497 e. The SMILES string of the molecule is CCCN(CCO)C(CO)NCc1ccc(OC)cc1. The van der Waals surface area contributed by atoms with E-state index in [0.29, 0.717) is 13.1 Å². The van der Waals surface area contributed by atoms with Gasteiger partial charge in [-0.05, 0) is 30.7 Å². The molecule has 0 spiro atoms. The van der Waals surface area contributed by atoms with Crippen molar-refractivity contribution in [2.45, 2.75) is 26.1 Å². The van der Waals surface area contributed by atoms with Crippen molar-refractivity contribution in [3.8, 4) is 5.75 Å². The number of aliphatic hydroxyl groups excluding tert-OH is 2. The molecule has 1 aromatic carbocycles. The third kappa shape index (κ3) is 5.46. The van der Waals surface area contributed by atoms with Gasteiger partial charge < -0.3 is 14.9 Å². The second kappa shape index (κ2) is 9.72. The Morgan fingerprint density at radius 2 is 1.90 bits per heavy atom. The molecule has 0 aliphatic carbocycles. The summed E-state index contributed by atoms with van der Waals surface area (Å²) in [5, 5.41) is 21.9. The Kier molecular flexibility index (Phi) is 8.22. The van der Waals surface area contributed by atoms with Crippen LogP contribution in [-0.2, 0) is 6.54 Å². The van der Waals surface area contributed by atoms with Gasteiger partial charge in [-0.1, -0.05) is 19.1 Å². The van der Waals surface area contributed by atoms with Crippen LogP contribution >= 0.6 is 0 Å². The predicted molar refractivity (Wildman–Crippen MR) is 79.7 cm³/mol. The molecule has 0 saturated carbocycles. The summed E-state index contributed by atoms with van der Waals surface area (Å²) in [5.74, 6) is 0.834. The zero-order valence-corrected chi connectivity index (χ0v) is 12.4. The van der Waals surface area contributed by atoms with E-state index in [0.717, 1.165) is 24.3 Å². The first-order valence-electron chi connectivity index (χ1n) is 7.07. The van der Waals surface area contributed by atoms with Crippen molar-refractivity contribution in [3.05, 3.63) is 29.8 Å². The first kappa shape index (κ1) is 16.9. The number of benzene rings is 1. The van der Waals surface area contributed by atoms with Crippen molar-refractivity contribution in [2.24, 2.45) is 0 Å². The second-order valence-electron chi connectivity index (χ2n) is 4.69. The molecule has 0 saturated heterocycles. The molecule has 1 atom stereocenters. The first-order valence-corrected chi connectivity index (χ1v) is 7.07. The van der Waals surface area contributed by atoms with Crippen molar-refractivity contribution < 1.29 is 14.9 Å². The van der Waals surface area contributed by atoms with E-state index >= 15 is 0 Å². The van der Waals surface area contributed by atoms with E-state index in [-0.39, 0.29) is 19.4 Å². The van der Waals surface area contributed by atoms with Crippen molar-refractivity contribution >= 4 is 0 Å². The fourth-order valence-corrected chi connectivity index (χ4v) is 2.13. The standard InChI is InChI=1S/C15H26N2O3/c1-3-8-17(9-10-18)15(12-19)16-11-13-4-6-14(20-2)7-5-13/h4-7,15-16,18-19H,3,8-12H2,1-2H3. The number of ether oxygens (including phenoxy) is 1. The van der Waals surface area contributed by atoms with Gasteiger partial charge in [-0.15, -0.1) is 0 Å². The lowest BCUT2D eigenvalue weighted by Crippen LogP contribution is -2.49. The van der Waals surface area contributed by atoms with Crippen LogP contribution in [0.25, 0.3) is 0 Å². The molecule has 5 nitrogen and oxygen atoms in total. The molecule has 20 heavy (non-hydrogen) atoms. The third-order valence-corrected chi connectivity index (χ3v) is 3.21. The molecule has 0 aromatic heterocycles. The van der Waals surface area contributed by atoms with Gasteiger partial charge in [0.05, 0.1) is 26.5 Å². The molecule has 0 fully saturated rings. The van der Waals surface area contributed by atoms with Crippen LogP contribution in [0.4, 0.5) is 0 Å². The van der Waals surface area contributed by atoms with Crippen LogP contribution in [0, 0.1) is 0 Å². The minimum absolute atomic E-state index is 0.0240. The second-order valence-corrected chi connectivity index (χ2v) is 4.69. The van der Waals surface area contributed by atoms with E-state index in [1.165, 1.54) is 0 Å². The first-order chi connectivity index (χ1) is 9.74. The lowest BCUT2D eigenvalue weighted by molar-refractivity contribution is 0.0800. The fraction of sp³-hybridized carbons (Fsp3) is 0.600. The lowest BCUT2D eigenvalue weighted by atomic mass is 10.2. The topological polar surface area (TPSA) is 65.0 Å². The van der Waals surface area contributed by atoms with Crippen molar-refractivity contribution in [3.63, 3.8) is 0 Å². The van der Waals surface area contributed by atoms with Gasteiger partial charge >= 0.3 is 0 Å². The van der Waals surface area contributed by atoms with Gasteiger partial charge in [0.1, 0.15) is 5.75 Å². The molecule has 3 N–H and O–H groups in total. The van der Waals surface area contributed by atoms with E-state index in [2.05, 4.69) is 17.1 Å². The maximum atomic E-state index is 9.50. The quantitative estimate of drug-likeness (QED) is 0.554. The summed E-state index contributed by atoms with van der Waals surface area (Å²) < 4.78 is 5.12. The summed E-state index contributed by atoms with van der Waals surface area (Å²) in [4.78, 5) is 2.06. The molecule has 1 unspecified atom stereocenters. The number of hydrogen-bond donors (Lipinski definition) is 3. The maximum absolute atomic E-state index is 9.50. The molecule has 114 valence electrons. The molecule has 0 heterocycles. The average molecular weight is 282 g/mol. The fourth-order valence-electron chi connectivity index (χ4n) is 2.13. The van der Waals surface area contributed by atoms with Gasteiger partial charge in [-0.25, -0.2) is 0 Å². The summed E-state index contributed by atoms with van der Waals surface area (Å²) in [7, 11) is 1.65. The number of methoxy groups -OCH3 is 1. The molecule has 5 heteroatoms. The van der Waals surface area contributed by atoms with Crippen LogP contribution in [0.15, 0.2) is 24.3 Å². The molecule has 1 rings (SSSR count). The molecule has 0 bridgehead atoms. The minimum Gasteiger partial charge on any atom is -0.497 e. The van der Waals surface area contributed by atoms with E-state index in [1.54, 1.807) is 7.11 Å². The Morgan fingerprint density at radius 3 is 2.40 bits per heavy atom. The van der Waals surface area contributed by atoms with Crippen molar-refractivity contribution in [1.82, 2.24) is 10.2 Å². The summed E-state index contributed by atoms with van der Waals surface area (Å²) in [6.07, 6.45) is 0.852. The molecular formula is C15H26N2O3. The molecule has 0 radical (unpaired) electrons. The van der Waals surface area contributed by atoms with E-state index in [9.17, 15) is 5.11 Å². The van der Waals surface area contributed by atoms with Crippen LogP contribution in [0.1, 0.15) is 18.9 Å². The highest BCUT2D eigenvalue weighted by atomic mass is 16.5. The lowest BCUT2D eigenvalue weighted by Gasteiger charge is -2.30. The van der Waals surface area contributed by atoms with Gasteiger partial charge in [0.15, 0.2) is 0 Å². The number of aliphatic hydroxyl groups is 2. The molecule has 0 aliphatic heterocycles. The zero-order chi connectivity index (χ0) is 14.8. The van der Waals surface area contributed by atoms with Crippen LogP contribution < -0.4 is 10.1 Å². The highest BCUT2D eigenvalue weighted by Gasteiger charge is 2.15. The number of hydrogen-bond acceptors (Lipinski definition) is 5. The molecular weight excluding hydrogens is 256 g/mol. The number of rotatable bonds is 10. The van der Waals surface area contributed by atoms with E-state index in [4.69, 9.17) is 9.84 Å². The van der Waals surface area contributed by atoms with Crippen LogP contribution in [-0.4, -0.2) is 54.7 Å². The van der Waals surface area contributed by atoms with E-state index < -0.39 is 0 Å². The van der Waals surface area contributed by atoms with Gasteiger partial charge in [-0.3, -0.25) is 10.2 Å². The smallest absolute Gasteiger partial charge is 0.118 e. The summed E-state index contributed by atoms with van der Waals surface area (Å²) >= 11 is 0. The Hall–Kier alpha value is -1.14. The monoisotopic (exact) mass is 282 g/mol. The maximum Gasteiger partial charge on any atom is 0.118 e. The zero-order valence-electron chi connectivity index (χ0n) is 12.4. The normalized spacial score (nSPS) is 12.7. The number of nitrogens with one attached hydrogen (secondary N) is 1. The predicted octanol–water partition coefficient (Wildman–Crippen LogP) is 0.807. The Balaban J connectivity index is 2.53. The molecule has 0 amide bonds. The summed E-state index contributed by atoms with van der Waals surface area (Å²) in [5.41, 5.74) is 1.13. The van der Waals surface area contributed by atoms with Gasteiger partial charge in [0.25, 0.3) is 0 Å². The van der Waals surface area contributed by atoms with Crippen molar-refractivity contribution in [2.75, 3.05) is 33.4 Å².